The minimum absolute atomic E-state index is 0.170. The zero-order valence-electron chi connectivity index (χ0n) is 11.1. The van der Waals surface area contributed by atoms with Crippen LogP contribution in [0.3, 0.4) is 0 Å². The maximum absolute atomic E-state index is 9.54. The molecule has 0 heterocycles. The van der Waals surface area contributed by atoms with Crippen molar-refractivity contribution in [3.8, 4) is 0 Å². The topological polar surface area (TPSA) is 20.2 Å². The molecule has 15 heavy (non-hydrogen) atoms. The van der Waals surface area contributed by atoms with E-state index in [4.69, 9.17) is 0 Å². The Morgan fingerprint density at radius 1 is 1.00 bits per heavy atom. The number of aliphatic hydroxyl groups is 1. The molecular weight excluding hydrogens is 186 g/mol. The number of quaternary nitrogens is 1. The first-order valence-electron chi connectivity index (χ1n) is 6.63. The van der Waals surface area contributed by atoms with Crippen molar-refractivity contribution in [3.63, 3.8) is 0 Å². The Hall–Kier alpha value is -0.0800. The van der Waals surface area contributed by atoms with Crippen molar-refractivity contribution in [3.05, 3.63) is 0 Å². The molecule has 0 fully saturated rings. The van der Waals surface area contributed by atoms with E-state index in [0.717, 1.165) is 24.1 Å². The van der Waals surface area contributed by atoms with Crippen LogP contribution in [0.4, 0.5) is 0 Å². The molecule has 0 bridgehead atoms. The van der Waals surface area contributed by atoms with E-state index < -0.39 is 0 Å². The second-order valence-electron chi connectivity index (χ2n) is 4.79. The summed E-state index contributed by atoms with van der Waals surface area (Å²) in [5.74, 6) is 0. The first-order valence-corrected chi connectivity index (χ1v) is 6.63. The van der Waals surface area contributed by atoms with Gasteiger partial charge < -0.3 is 9.59 Å². The largest absolute Gasteiger partial charge is 0.388 e. The van der Waals surface area contributed by atoms with Crippen LogP contribution < -0.4 is 0 Å². The predicted molar refractivity (Wildman–Crippen MR) is 66.9 cm³/mol. The summed E-state index contributed by atoms with van der Waals surface area (Å²) in [6, 6.07) is 0. The van der Waals surface area contributed by atoms with Gasteiger partial charge in [0.25, 0.3) is 0 Å². The first kappa shape index (κ1) is 14.9. The molecule has 0 aliphatic rings. The Bertz CT molecular complexity index is 141. The Morgan fingerprint density at radius 3 is 2.00 bits per heavy atom. The van der Waals surface area contributed by atoms with Gasteiger partial charge in [-0.25, -0.2) is 0 Å². The van der Waals surface area contributed by atoms with Crippen LogP contribution in [-0.2, 0) is 0 Å². The highest BCUT2D eigenvalue weighted by Gasteiger charge is 2.24. The summed E-state index contributed by atoms with van der Waals surface area (Å²) >= 11 is 0. The Kier molecular flexibility index (Phi) is 8.07. The molecule has 0 rings (SSSR count). The fourth-order valence-electron chi connectivity index (χ4n) is 2.32. The van der Waals surface area contributed by atoms with E-state index in [1.807, 2.05) is 6.92 Å². The molecule has 92 valence electrons. The third-order valence-corrected chi connectivity index (χ3v) is 3.48. The van der Waals surface area contributed by atoms with E-state index in [2.05, 4.69) is 20.8 Å². The molecular formula is C13H30NO+. The molecule has 0 aliphatic heterocycles. The lowest BCUT2D eigenvalue weighted by molar-refractivity contribution is -0.927. The lowest BCUT2D eigenvalue weighted by Crippen LogP contribution is -2.52. The van der Waals surface area contributed by atoms with E-state index in [1.165, 1.54) is 32.2 Å². The van der Waals surface area contributed by atoms with E-state index in [-0.39, 0.29) is 6.10 Å². The van der Waals surface area contributed by atoms with Crippen LogP contribution in [0.15, 0.2) is 0 Å². The minimum Gasteiger partial charge on any atom is -0.388 e. The molecule has 1 N–H and O–H groups in total. The number of hydrogen-bond acceptors (Lipinski definition) is 1. The highest BCUT2D eigenvalue weighted by Crippen LogP contribution is 2.12. The molecule has 2 heteroatoms. The SMILES string of the molecule is CCCCCC[N+](CC)(CC)CC(C)O. The maximum atomic E-state index is 9.54. The van der Waals surface area contributed by atoms with E-state index >= 15 is 0 Å². The minimum atomic E-state index is -0.170. The molecule has 0 radical (unpaired) electrons. The summed E-state index contributed by atoms with van der Waals surface area (Å²) in [6.07, 6.45) is 5.13. The second kappa shape index (κ2) is 8.12. The van der Waals surface area contributed by atoms with Crippen molar-refractivity contribution in [2.24, 2.45) is 0 Å². The quantitative estimate of drug-likeness (QED) is 0.464. The summed E-state index contributed by atoms with van der Waals surface area (Å²) in [7, 11) is 0. The molecule has 0 spiro atoms. The van der Waals surface area contributed by atoms with Gasteiger partial charge in [0.2, 0.25) is 0 Å². The number of aliphatic hydroxyl groups excluding tert-OH is 1. The van der Waals surface area contributed by atoms with Gasteiger partial charge in [0, 0.05) is 0 Å². The number of nitrogens with zero attached hydrogens (tertiary/aromatic N) is 1. The fourth-order valence-corrected chi connectivity index (χ4v) is 2.32. The van der Waals surface area contributed by atoms with Gasteiger partial charge in [-0.3, -0.25) is 0 Å². The standard InChI is InChI=1S/C13H30NO/c1-5-8-9-10-11-14(6-2,7-3)12-13(4)15/h13,15H,5-12H2,1-4H3/q+1. The van der Waals surface area contributed by atoms with Crippen molar-refractivity contribution in [1.82, 2.24) is 0 Å². The fraction of sp³-hybridized carbons (Fsp3) is 1.00. The zero-order valence-corrected chi connectivity index (χ0v) is 11.1. The molecule has 0 aromatic rings. The van der Waals surface area contributed by atoms with Crippen molar-refractivity contribution in [2.45, 2.75) is 59.5 Å². The summed E-state index contributed by atoms with van der Waals surface area (Å²) in [5.41, 5.74) is 0. The molecule has 1 unspecified atom stereocenters. The molecule has 0 saturated heterocycles. The summed E-state index contributed by atoms with van der Waals surface area (Å²) in [5, 5.41) is 9.54. The normalized spacial score (nSPS) is 14.2. The zero-order chi connectivity index (χ0) is 11.7. The lowest BCUT2D eigenvalue weighted by atomic mass is 10.1. The molecule has 2 nitrogen and oxygen atoms in total. The van der Waals surface area contributed by atoms with Gasteiger partial charge in [-0.05, 0) is 33.6 Å². The summed E-state index contributed by atoms with van der Waals surface area (Å²) < 4.78 is 1.08. The van der Waals surface area contributed by atoms with Gasteiger partial charge in [-0.15, -0.1) is 0 Å². The van der Waals surface area contributed by atoms with Gasteiger partial charge in [0.15, 0.2) is 0 Å². The number of hydrogen-bond donors (Lipinski definition) is 1. The number of likely N-dealkylation sites (N-methyl/N-ethyl adjacent to an activating group) is 1. The lowest BCUT2D eigenvalue weighted by Gasteiger charge is -2.38. The van der Waals surface area contributed by atoms with Crippen molar-refractivity contribution in [1.29, 1.82) is 0 Å². The summed E-state index contributed by atoms with van der Waals surface area (Å²) in [6.45, 7) is 13.1. The summed E-state index contributed by atoms with van der Waals surface area (Å²) in [4.78, 5) is 0. The molecule has 0 saturated carbocycles. The Labute approximate surface area is 95.9 Å². The number of unbranched alkanes of at least 4 members (excludes halogenated alkanes) is 3. The molecule has 1 atom stereocenters. The van der Waals surface area contributed by atoms with Gasteiger partial charge in [-0.1, -0.05) is 19.8 Å². The third kappa shape index (κ3) is 6.16. The Balaban J connectivity index is 4.00. The maximum Gasteiger partial charge on any atom is 0.105 e. The predicted octanol–water partition coefficient (Wildman–Crippen LogP) is 2.80. The highest BCUT2D eigenvalue weighted by atomic mass is 16.3. The van der Waals surface area contributed by atoms with Gasteiger partial charge in [0.05, 0.1) is 19.6 Å². The van der Waals surface area contributed by atoms with Crippen molar-refractivity contribution >= 4 is 0 Å². The van der Waals surface area contributed by atoms with Crippen LogP contribution in [0.25, 0.3) is 0 Å². The Morgan fingerprint density at radius 2 is 1.60 bits per heavy atom. The smallest absolute Gasteiger partial charge is 0.105 e. The van der Waals surface area contributed by atoms with Crippen LogP contribution in [0.1, 0.15) is 53.4 Å². The van der Waals surface area contributed by atoms with Gasteiger partial charge >= 0.3 is 0 Å². The second-order valence-corrected chi connectivity index (χ2v) is 4.79. The molecule has 0 aliphatic carbocycles. The van der Waals surface area contributed by atoms with E-state index in [0.29, 0.717) is 0 Å². The highest BCUT2D eigenvalue weighted by molar-refractivity contribution is 4.49. The van der Waals surface area contributed by atoms with Crippen molar-refractivity contribution < 1.29 is 9.59 Å². The third-order valence-electron chi connectivity index (χ3n) is 3.48. The van der Waals surface area contributed by atoms with Crippen LogP contribution in [0.2, 0.25) is 0 Å². The average molecular weight is 216 g/mol. The van der Waals surface area contributed by atoms with Crippen LogP contribution >= 0.6 is 0 Å². The first-order chi connectivity index (χ1) is 7.10. The monoisotopic (exact) mass is 216 g/mol. The number of rotatable bonds is 9. The van der Waals surface area contributed by atoms with Gasteiger partial charge in [-0.2, -0.15) is 0 Å². The van der Waals surface area contributed by atoms with E-state index in [9.17, 15) is 5.11 Å². The van der Waals surface area contributed by atoms with Crippen molar-refractivity contribution in [2.75, 3.05) is 26.2 Å². The molecule has 0 aromatic heterocycles. The van der Waals surface area contributed by atoms with Crippen LogP contribution in [-0.4, -0.2) is 41.9 Å². The van der Waals surface area contributed by atoms with E-state index in [1.54, 1.807) is 0 Å². The van der Waals surface area contributed by atoms with Crippen LogP contribution in [0.5, 0.6) is 0 Å². The van der Waals surface area contributed by atoms with Gasteiger partial charge in [0.1, 0.15) is 12.6 Å². The molecule has 0 amide bonds. The molecule has 0 aromatic carbocycles. The van der Waals surface area contributed by atoms with Crippen LogP contribution in [0, 0.1) is 0 Å². The average Bonchev–Trinajstić information content (AvgIpc) is 2.22.